The molecule has 0 radical (unpaired) electrons. The zero-order valence-electron chi connectivity index (χ0n) is 17.8. The maximum absolute atomic E-state index is 2.43. The molecule has 0 saturated heterocycles. The van der Waals surface area contributed by atoms with Gasteiger partial charge in [-0.2, -0.15) is 0 Å². The summed E-state index contributed by atoms with van der Waals surface area (Å²) in [5.74, 6) is 0. The Morgan fingerprint density at radius 2 is 0.875 bits per heavy atom. The van der Waals surface area contributed by atoms with Crippen molar-refractivity contribution in [1.29, 1.82) is 0 Å². The number of aromatic nitrogens is 1. The number of hydrogen-bond donors (Lipinski definition) is 0. The molecule has 0 saturated carbocycles. The van der Waals surface area contributed by atoms with Crippen molar-refractivity contribution in [2.45, 2.75) is 6.92 Å². The number of aryl methyl sites for hydroxylation is 1. The molecule has 32 heavy (non-hydrogen) atoms. The highest BCUT2D eigenvalue weighted by molar-refractivity contribution is 6.24. The Balaban J connectivity index is 1.48. The molecule has 0 bridgehead atoms. The van der Waals surface area contributed by atoms with Gasteiger partial charge in [0.25, 0.3) is 0 Å². The summed E-state index contributed by atoms with van der Waals surface area (Å²) < 4.78 is 2.43. The third kappa shape index (κ3) is 2.39. The van der Waals surface area contributed by atoms with Gasteiger partial charge in [-0.1, -0.05) is 90.5 Å². The van der Waals surface area contributed by atoms with Gasteiger partial charge in [0.05, 0.1) is 16.6 Å². The summed E-state index contributed by atoms with van der Waals surface area (Å²) in [6, 6.07) is 40.0. The predicted octanol–water partition coefficient (Wildman–Crippen LogP) is 8.48. The summed E-state index contributed by atoms with van der Waals surface area (Å²) in [6.45, 7) is 2.13. The van der Waals surface area contributed by atoms with Crippen LogP contribution in [-0.2, 0) is 0 Å². The molecule has 0 fully saturated rings. The maximum Gasteiger partial charge on any atom is 0.0620 e. The quantitative estimate of drug-likeness (QED) is 0.271. The lowest BCUT2D eigenvalue weighted by molar-refractivity contribution is 1.37. The van der Waals surface area contributed by atoms with Crippen molar-refractivity contribution >= 4 is 38.1 Å². The van der Waals surface area contributed by atoms with Gasteiger partial charge >= 0.3 is 0 Å². The first kappa shape index (κ1) is 17.6. The smallest absolute Gasteiger partial charge is 0.0620 e. The van der Waals surface area contributed by atoms with E-state index in [1.807, 2.05) is 0 Å². The average Bonchev–Trinajstić information content (AvgIpc) is 3.36. The zero-order chi connectivity index (χ0) is 21.2. The Morgan fingerprint density at radius 3 is 1.41 bits per heavy atom. The molecule has 7 aromatic rings. The van der Waals surface area contributed by atoms with Crippen LogP contribution in [0.4, 0.5) is 0 Å². The van der Waals surface area contributed by atoms with Gasteiger partial charge in [0.15, 0.2) is 0 Å². The van der Waals surface area contributed by atoms with Crippen LogP contribution in [0.15, 0.2) is 109 Å². The van der Waals surface area contributed by atoms with E-state index in [2.05, 4.69) is 121 Å². The largest absolute Gasteiger partial charge is 0.308 e. The lowest BCUT2D eigenvalue weighted by Crippen LogP contribution is -1.82. The van der Waals surface area contributed by atoms with Gasteiger partial charge in [0, 0.05) is 21.5 Å². The molecule has 0 aliphatic heterocycles. The fourth-order valence-corrected chi connectivity index (χ4v) is 5.22. The van der Waals surface area contributed by atoms with E-state index < -0.39 is 0 Å². The van der Waals surface area contributed by atoms with Gasteiger partial charge in [0.2, 0.25) is 0 Å². The third-order valence-corrected chi connectivity index (χ3v) is 6.81. The fourth-order valence-electron chi connectivity index (χ4n) is 5.22. The van der Waals surface area contributed by atoms with Gasteiger partial charge in [-0.15, -0.1) is 0 Å². The number of fused-ring (bicyclic) bond motifs is 6. The summed E-state index contributed by atoms with van der Waals surface area (Å²) in [5.41, 5.74) is 10.2. The number of hydrogen-bond acceptors (Lipinski definition) is 0. The molecule has 2 aromatic heterocycles. The lowest BCUT2D eigenvalue weighted by atomic mass is 9.97. The molecule has 7 rings (SSSR count). The molecule has 0 aliphatic rings. The van der Waals surface area contributed by atoms with Crippen molar-refractivity contribution in [3.63, 3.8) is 0 Å². The average molecular weight is 408 g/mol. The highest BCUT2D eigenvalue weighted by atomic mass is 14.9. The van der Waals surface area contributed by atoms with Crippen molar-refractivity contribution in [3.05, 3.63) is 115 Å². The van der Waals surface area contributed by atoms with Gasteiger partial charge in [-0.3, -0.25) is 0 Å². The summed E-state index contributed by atoms with van der Waals surface area (Å²) in [5, 5.41) is 5.28. The topological polar surface area (TPSA) is 4.41 Å². The molecule has 1 nitrogen and oxygen atoms in total. The highest BCUT2D eigenvalue weighted by Gasteiger charge is 2.18. The summed E-state index contributed by atoms with van der Waals surface area (Å²) in [7, 11) is 0. The van der Waals surface area contributed by atoms with Gasteiger partial charge in [0.1, 0.15) is 0 Å². The van der Waals surface area contributed by atoms with Crippen molar-refractivity contribution in [2.75, 3.05) is 0 Å². The predicted molar refractivity (Wildman–Crippen MR) is 137 cm³/mol. The minimum Gasteiger partial charge on any atom is -0.308 e. The Hall–Kier alpha value is -4.10. The normalized spacial score (nSPS) is 11.9. The molecule has 1 heteroatoms. The maximum atomic E-state index is 2.43. The van der Waals surface area contributed by atoms with E-state index in [-0.39, 0.29) is 0 Å². The van der Waals surface area contributed by atoms with Crippen LogP contribution in [0.2, 0.25) is 0 Å². The van der Waals surface area contributed by atoms with Crippen molar-refractivity contribution in [3.8, 4) is 22.3 Å². The van der Waals surface area contributed by atoms with E-state index in [0.29, 0.717) is 0 Å². The van der Waals surface area contributed by atoms with Crippen LogP contribution < -0.4 is 0 Å². The van der Waals surface area contributed by atoms with Gasteiger partial charge in [-0.25, -0.2) is 0 Å². The van der Waals surface area contributed by atoms with E-state index in [1.165, 1.54) is 65.9 Å². The molecule has 0 spiro atoms. The number of nitrogens with zero attached hydrogens (tertiary/aromatic N) is 1. The molecular weight excluding hydrogens is 386 g/mol. The third-order valence-electron chi connectivity index (χ3n) is 6.81. The zero-order valence-corrected chi connectivity index (χ0v) is 17.8. The first-order valence-electron chi connectivity index (χ1n) is 11.1. The second-order valence-electron chi connectivity index (χ2n) is 8.73. The molecular formula is C31H21N. The molecule has 0 amide bonds. The van der Waals surface area contributed by atoms with Crippen LogP contribution in [0.5, 0.6) is 0 Å². The molecule has 5 aromatic carbocycles. The minimum atomic E-state index is 1.25. The number of para-hydroxylation sites is 2. The molecule has 150 valence electrons. The van der Waals surface area contributed by atoms with Crippen LogP contribution in [-0.4, -0.2) is 4.40 Å². The first-order chi connectivity index (χ1) is 15.8. The first-order valence-corrected chi connectivity index (χ1v) is 11.1. The molecule has 0 N–H and O–H groups in total. The van der Waals surface area contributed by atoms with Crippen LogP contribution in [0, 0.1) is 6.92 Å². The second kappa shape index (κ2) is 6.45. The number of benzene rings is 5. The van der Waals surface area contributed by atoms with Crippen molar-refractivity contribution < 1.29 is 0 Å². The van der Waals surface area contributed by atoms with Crippen molar-refractivity contribution in [1.82, 2.24) is 4.40 Å². The standard InChI is InChI=1S/C31H21N/c1-20-10-12-21(13-11-20)22-14-16-23(17-15-22)24-18-27-25-6-2-4-8-29(25)32-30-9-5-3-7-26(30)28(19-24)31(27)32/h2-19H,1H3. The second-order valence-corrected chi connectivity index (χ2v) is 8.73. The van der Waals surface area contributed by atoms with Gasteiger partial charge < -0.3 is 4.40 Å². The molecule has 0 aliphatic carbocycles. The van der Waals surface area contributed by atoms with Gasteiger partial charge in [-0.05, 0) is 53.4 Å². The summed E-state index contributed by atoms with van der Waals surface area (Å²) in [4.78, 5) is 0. The Kier molecular flexibility index (Phi) is 3.54. The van der Waals surface area contributed by atoms with E-state index >= 15 is 0 Å². The van der Waals surface area contributed by atoms with Crippen LogP contribution >= 0.6 is 0 Å². The van der Waals surface area contributed by atoms with E-state index in [4.69, 9.17) is 0 Å². The van der Waals surface area contributed by atoms with E-state index in [1.54, 1.807) is 0 Å². The monoisotopic (exact) mass is 407 g/mol. The van der Waals surface area contributed by atoms with Crippen molar-refractivity contribution in [2.24, 2.45) is 0 Å². The summed E-state index contributed by atoms with van der Waals surface area (Å²) in [6.07, 6.45) is 0. The van der Waals surface area contributed by atoms with Crippen LogP contribution in [0.1, 0.15) is 5.56 Å². The Labute approximate surface area is 186 Å². The molecule has 0 unspecified atom stereocenters. The van der Waals surface area contributed by atoms with E-state index in [9.17, 15) is 0 Å². The highest BCUT2D eigenvalue weighted by Crippen LogP contribution is 2.41. The lowest BCUT2D eigenvalue weighted by Gasteiger charge is -2.07. The molecule has 0 atom stereocenters. The minimum absolute atomic E-state index is 1.25. The SMILES string of the molecule is Cc1ccc(-c2ccc(-c3cc4c5ccccc5n5c6ccccc6c(c3)c45)cc2)cc1. The van der Waals surface area contributed by atoms with E-state index in [0.717, 1.165) is 0 Å². The summed E-state index contributed by atoms with van der Waals surface area (Å²) >= 11 is 0. The van der Waals surface area contributed by atoms with Crippen LogP contribution in [0.3, 0.4) is 0 Å². The Morgan fingerprint density at radius 1 is 0.438 bits per heavy atom. The number of rotatable bonds is 2. The fraction of sp³-hybridized carbons (Fsp3) is 0.0323. The Bertz CT molecular complexity index is 1670. The van der Waals surface area contributed by atoms with Crippen LogP contribution in [0.25, 0.3) is 60.3 Å². The molecule has 2 heterocycles.